The Kier molecular flexibility index (Phi) is 2.76. The summed E-state index contributed by atoms with van der Waals surface area (Å²) in [7, 11) is 1.66. The Morgan fingerprint density at radius 1 is 1.00 bits per heavy atom. The normalized spacial score (nSPS) is 11.1. The number of fused-ring (bicyclic) bond motifs is 3. The second-order valence-corrected chi connectivity index (χ2v) is 5.22. The number of aromatic nitrogens is 2. The monoisotopic (exact) mass is 289 g/mol. The summed E-state index contributed by atoms with van der Waals surface area (Å²) >= 11 is 0. The minimum Gasteiger partial charge on any atom is -0.497 e. The molecule has 108 valence electrons. The topological polar surface area (TPSA) is 63.9 Å². The molecule has 0 aliphatic rings. The third-order valence-electron chi connectivity index (χ3n) is 3.86. The Morgan fingerprint density at radius 3 is 2.73 bits per heavy atom. The number of aromatic amines is 1. The Bertz CT molecular complexity index is 988. The minimum absolute atomic E-state index is 0.509. The summed E-state index contributed by atoms with van der Waals surface area (Å²) in [5.74, 6) is 1.31. The van der Waals surface area contributed by atoms with E-state index in [1.807, 2.05) is 42.5 Å². The van der Waals surface area contributed by atoms with E-state index in [2.05, 4.69) is 22.1 Å². The number of nitrogens with one attached hydrogen (secondary N) is 1. The van der Waals surface area contributed by atoms with E-state index in [9.17, 15) is 0 Å². The Hall–Kier alpha value is -3.01. The lowest BCUT2D eigenvalue weighted by molar-refractivity contribution is 0.415. The molecule has 0 fully saturated rings. The van der Waals surface area contributed by atoms with Crippen molar-refractivity contribution in [1.82, 2.24) is 9.97 Å². The first-order valence-electron chi connectivity index (χ1n) is 7.07. The number of H-pyrrole nitrogens is 1. The van der Waals surface area contributed by atoms with Crippen LogP contribution >= 0.6 is 0 Å². The van der Waals surface area contributed by atoms with E-state index in [-0.39, 0.29) is 0 Å². The van der Waals surface area contributed by atoms with E-state index < -0.39 is 0 Å². The molecule has 4 heteroatoms. The van der Waals surface area contributed by atoms with Gasteiger partial charge in [-0.2, -0.15) is 0 Å². The molecule has 0 radical (unpaired) electrons. The SMILES string of the molecule is COc1cccc(-c2nc(N)cc3c2[nH]c2ccccc23)c1. The Morgan fingerprint density at radius 2 is 1.86 bits per heavy atom. The van der Waals surface area contributed by atoms with Gasteiger partial charge in [-0.15, -0.1) is 0 Å². The molecule has 22 heavy (non-hydrogen) atoms. The van der Waals surface area contributed by atoms with Crippen molar-refractivity contribution in [3.05, 3.63) is 54.6 Å². The van der Waals surface area contributed by atoms with Gasteiger partial charge in [-0.3, -0.25) is 0 Å². The summed E-state index contributed by atoms with van der Waals surface area (Å²) in [5.41, 5.74) is 9.91. The summed E-state index contributed by atoms with van der Waals surface area (Å²) in [6, 6.07) is 17.9. The highest BCUT2D eigenvalue weighted by molar-refractivity contribution is 6.11. The Balaban J connectivity index is 2.08. The lowest BCUT2D eigenvalue weighted by Crippen LogP contribution is -1.94. The minimum atomic E-state index is 0.509. The molecule has 0 amide bonds. The predicted molar refractivity (Wildman–Crippen MR) is 90.0 cm³/mol. The number of nitrogens with two attached hydrogens (primary N) is 1. The molecular weight excluding hydrogens is 274 g/mol. The van der Waals surface area contributed by atoms with Crippen LogP contribution in [0, 0.1) is 0 Å². The average molecular weight is 289 g/mol. The third kappa shape index (κ3) is 1.89. The van der Waals surface area contributed by atoms with Gasteiger partial charge in [0.1, 0.15) is 11.6 Å². The van der Waals surface area contributed by atoms with Crippen molar-refractivity contribution in [2.24, 2.45) is 0 Å². The van der Waals surface area contributed by atoms with Crippen molar-refractivity contribution in [2.75, 3.05) is 12.8 Å². The molecule has 2 heterocycles. The van der Waals surface area contributed by atoms with Crippen molar-refractivity contribution < 1.29 is 4.74 Å². The molecule has 0 unspecified atom stereocenters. The standard InChI is InChI=1S/C18H15N3O/c1-22-12-6-4-5-11(9-12)17-18-14(10-16(19)21-17)13-7-2-3-8-15(13)20-18/h2-10,20H,1H3,(H2,19,21). The summed E-state index contributed by atoms with van der Waals surface area (Å²) < 4.78 is 5.31. The smallest absolute Gasteiger partial charge is 0.124 e. The number of nitrogen functional groups attached to an aromatic ring is 1. The highest BCUT2D eigenvalue weighted by atomic mass is 16.5. The van der Waals surface area contributed by atoms with Gasteiger partial charge in [-0.25, -0.2) is 4.98 Å². The Labute approximate surface area is 127 Å². The van der Waals surface area contributed by atoms with Crippen LogP contribution in [0.1, 0.15) is 0 Å². The van der Waals surface area contributed by atoms with E-state index >= 15 is 0 Å². The molecule has 4 rings (SSSR count). The highest BCUT2D eigenvalue weighted by Gasteiger charge is 2.12. The number of rotatable bonds is 2. The molecule has 0 saturated heterocycles. The lowest BCUT2D eigenvalue weighted by atomic mass is 10.1. The molecule has 0 bridgehead atoms. The summed E-state index contributed by atoms with van der Waals surface area (Å²) in [6.07, 6.45) is 0. The first-order chi connectivity index (χ1) is 10.8. The number of anilines is 1. The van der Waals surface area contributed by atoms with Crippen molar-refractivity contribution in [2.45, 2.75) is 0 Å². The zero-order valence-corrected chi connectivity index (χ0v) is 12.1. The molecule has 2 aromatic carbocycles. The number of nitrogens with zero attached hydrogens (tertiary/aromatic N) is 1. The van der Waals surface area contributed by atoms with Crippen LogP contribution in [0.3, 0.4) is 0 Å². The number of benzene rings is 2. The summed E-state index contributed by atoms with van der Waals surface area (Å²) in [4.78, 5) is 7.98. The van der Waals surface area contributed by atoms with Crippen molar-refractivity contribution >= 4 is 27.6 Å². The molecule has 4 aromatic rings. The molecule has 3 N–H and O–H groups in total. The van der Waals surface area contributed by atoms with E-state index in [1.54, 1.807) is 7.11 Å². The molecule has 4 nitrogen and oxygen atoms in total. The van der Waals surface area contributed by atoms with Gasteiger partial charge in [-0.1, -0.05) is 30.3 Å². The fourth-order valence-electron chi connectivity index (χ4n) is 2.84. The number of ether oxygens (including phenoxy) is 1. The van der Waals surface area contributed by atoms with Gasteiger partial charge in [-0.05, 0) is 24.3 Å². The van der Waals surface area contributed by atoms with Crippen LogP contribution in [0.4, 0.5) is 5.82 Å². The van der Waals surface area contributed by atoms with Crippen LogP contribution in [0.2, 0.25) is 0 Å². The average Bonchev–Trinajstić information content (AvgIpc) is 2.93. The van der Waals surface area contributed by atoms with Gasteiger partial charge < -0.3 is 15.5 Å². The largest absolute Gasteiger partial charge is 0.497 e. The fraction of sp³-hybridized carbons (Fsp3) is 0.0556. The van der Waals surface area contributed by atoms with Crippen LogP contribution in [0.5, 0.6) is 5.75 Å². The molecule has 0 aliphatic carbocycles. The van der Waals surface area contributed by atoms with Gasteiger partial charge >= 0.3 is 0 Å². The second kappa shape index (κ2) is 4.77. The van der Waals surface area contributed by atoms with Gasteiger partial charge in [0.25, 0.3) is 0 Å². The number of hydrogen-bond acceptors (Lipinski definition) is 3. The van der Waals surface area contributed by atoms with Crippen molar-refractivity contribution in [3.63, 3.8) is 0 Å². The van der Waals surface area contributed by atoms with E-state index in [0.29, 0.717) is 5.82 Å². The fourth-order valence-corrected chi connectivity index (χ4v) is 2.84. The lowest BCUT2D eigenvalue weighted by Gasteiger charge is -2.06. The first-order valence-corrected chi connectivity index (χ1v) is 7.07. The van der Waals surface area contributed by atoms with Gasteiger partial charge in [0.05, 0.1) is 18.3 Å². The summed E-state index contributed by atoms with van der Waals surface area (Å²) in [5, 5.41) is 2.23. The van der Waals surface area contributed by atoms with E-state index in [1.165, 1.54) is 0 Å². The molecule has 2 aromatic heterocycles. The highest BCUT2D eigenvalue weighted by Crippen LogP contribution is 2.34. The van der Waals surface area contributed by atoms with Crippen LogP contribution in [0.25, 0.3) is 33.1 Å². The van der Waals surface area contributed by atoms with Gasteiger partial charge in [0.15, 0.2) is 0 Å². The van der Waals surface area contributed by atoms with E-state index in [0.717, 1.165) is 38.8 Å². The van der Waals surface area contributed by atoms with Crippen LogP contribution in [-0.2, 0) is 0 Å². The maximum absolute atomic E-state index is 6.03. The van der Waals surface area contributed by atoms with Crippen LogP contribution in [-0.4, -0.2) is 17.1 Å². The molecule has 0 atom stereocenters. The number of hydrogen-bond donors (Lipinski definition) is 2. The summed E-state index contributed by atoms with van der Waals surface area (Å²) in [6.45, 7) is 0. The maximum Gasteiger partial charge on any atom is 0.124 e. The van der Waals surface area contributed by atoms with Gasteiger partial charge in [0, 0.05) is 21.9 Å². The van der Waals surface area contributed by atoms with Crippen LogP contribution in [0.15, 0.2) is 54.6 Å². The zero-order valence-electron chi connectivity index (χ0n) is 12.1. The maximum atomic E-state index is 6.03. The third-order valence-corrected chi connectivity index (χ3v) is 3.86. The molecule has 0 spiro atoms. The second-order valence-electron chi connectivity index (χ2n) is 5.22. The number of methoxy groups -OCH3 is 1. The molecular formula is C18H15N3O. The van der Waals surface area contributed by atoms with Crippen molar-refractivity contribution in [3.8, 4) is 17.0 Å². The van der Waals surface area contributed by atoms with Gasteiger partial charge in [0.2, 0.25) is 0 Å². The molecule has 0 aliphatic heterocycles. The zero-order chi connectivity index (χ0) is 15.1. The molecule has 0 saturated carbocycles. The first kappa shape index (κ1) is 12.7. The number of pyridine rings is 1. The van der Waals surface area contributed by atoms with E-state index in [4.69, 9.17) is 10.5 Å². The number of para-hydroxylation sites is 1. The predicted octanol–water partition coefficient (Wildman–Crippen LogP) is 3.97. The quantitative estimate of drug-likeness (QED) is 0.587. The van der Waals surface area contributed by atoms with Crippen LogP contribution < -0.4 is 10.5 Å². The van der Waals surface area contributed by atoms with Crippen molar-refractivity contribution in [1.29, 1.82) is 0 Å².